The summed E-state index contributed by atoms with van der Waals surface area (Å²) in [7, 11) is 0. The molecular weight excluding hydrogens is 318 g/mol. The van der Waals surface area contributed by atoms with E-state index in [1.54, 1.807) is 6.20 Å². The number of aromatic nitrogens is 15. The van der Waals surface area contributed by atoms with E-state index in [4.69, 9.17) is 0 Å². The van der Waals surface area contributed by atoms with Gasteiger partial charge in [-0.15, -0.1) is 45.9 Å². The molecule has 0 N–H and O–H groups in total. The lowest BCUT2D eigenvalue weighted by Crippen LogP contribution is -1.84. The van der Waals surface area contributed by atoms with E-state index in [0.29, 0.717) is 0 Å². The molecule has 4 rings (SSSR count). The first-order chi connectivity index (χ1) is 12.0. The Hall–Kier alpha value is -4.17. The molecule has 4 heterocycles. The van der Waals surface area contributed by atoms with Crippen LogP contribution in [0.15, 0.2) is 56.4 Å². The van der Waals surface area contributed by atoms with E-state index in [1.165, 1.54) is 50.2 Å². The highest BCUT2D eigenvalue weighted by Crippen LogP contribution is 1.59. The van der Waals surface area contributed by atoms with E-state index in [9.17, 15) is 0 Å². The molecule has 0 aliphatic rings. The van der Waals surface area contributed by atoms with E-state index in [2.05, 4.69) is 76.6 Å². The van der Waals surface area contributed by atoms with Crippen molar-refractivity contribution in [3.05, 3.63) is 56.4 Å². The van der Waals surface area contributed by atoms with E-state index in [1.807, 2.05) is 0 Å². The Morgan fingerprint density at radius 3 is 0.958 bits per heavy atom. The fourth-order valence-corrected chi connectivity index (χ4v) is 0.701. The van der Waals surface area contributed by atoms with Gasteiger partial charge < -0.3 is 0 Å². The number of hydrogen-bond donors (Lipinski definition) is 0. The molecule has 0 bridgehead atoms. The minimum atomic E-state index is 1.28. The van der Waals surface area contributed by atoms with E-state index in [0.717, 1.165) is 0 Å². The lowest BCUT2D eigenvalue weighted by molar-refractivity contribution is 0.761. The summed E-state index contributed by atoms with van der Waals surface area (Å²) >= 11 is 0. The van der Waals surface area contributed by atoms with Crippen LogP contribution in [0.4, 0.5) is 0 Å². The molecule has 0 amide bonds. The molecule has 0 aliphatic carbocycles. The normalized spacial score (nSPS) is 8.00. The maximum absolute atomic E-state index is 3.61. The van der Waals surface area contributed by atoms with Gasteiger partial charge in [0.25, 0.3) is 0 Å². The van der Waals surface area contributed by atoms with Crippen LogP contribution in [0.5, 0.6) is 0 Å². The summed E-state index contributed by atoms with van der Waals surface area (Å²) in [6, 6.07) is 0. The van der Waals surface area contributed by atoms with Crippen molar-refractivity contribution in [3.8, 4) is 0 Å². The summed E-state index contributed by atoms with van der Waals surface area (Å²) in [4.78, 5) is 7.11. The van der Waals surface area contributed by atoms with Gasteiger partial charge in [0.15, 0.2) is 12.7 Å². The van der Waals surface area contributed by atoms with Crippen LogP contribution in [0.2, 0.25) is 0 Å². The fraction of sp³-hybridized carbons (Fsp3) is 0. The Balaban J connectivity index is 0.000000160. The van der Waals surface area contributed by atoms with Gasteiger partial charge in [0.05, 0.1) is 18.6 Å². The third-order valence-corrected chi connectivity index (χ3v) is 1.43. The zero-order valence-corrected chi connectivity index (χ0v) is 11.9. The monoisotopic (exact) mass is 327 g/mol. The van der Waals surface area contributed by atoms with Gasteiger partial charge in [0.2, 0.25) is 0 Å². The number of nitrogens with zero attached hydrogens (tertiary/aromatic N) is 15. The van der Waals surface area contributed by atoms with Crippen LogP contribution in [0.1, 0.15) is 0 Å². The highest BCUT2D eigenvalue weighted by Gasteiger charge is 1.62. The molecular formula is C9H9N15. The Kier molecular flexibility index (Phi) is 11.3. The molecule has 4 aromatic heterocycles. The minimum absolute atomic E-state index is 1.28. The Labute approximate surface area is 134 Å². The van der Waals surface area contributed by atoms with Gasteiger partial charge in [0, 0.05) is 6.20 Å². The summed E-state index contributed by atoms with van der Waals surface area (Å²) in [5.74, 6) is 0. The van der Waals surface area contributed by atoms with Crippen LogP contribution in [-0.4, -0.2) is 76.6 Å². The van der Waals surface area contributed by atoms with Crippen molar-refractivity contribution in [2.45, 2.75) is 0 Å². The van der Waals surface area contributed by atoms with Gasteiger partial charge in [-0.25, -0.2) is 9.97 Å². The maximum Gasteiger partial charge on any atom is 0.160 e. The second-order valence-electron chi connectivity index (χ2n) is 2.89. The third kappa shape index (κ3) is 12.8. The molecule has 0 aromatic carbocycles. The molecule has 0 aliphatic heterocycles. The fourth-order valence-electron chi connectivity index (χ4n) is 0.701. The first-order valence-electron chi connectivity index (χ1n) is 5.88. The van der Waals surface area contributed by atoms with E-state index in [-0.39, 0.29) is 0 Å². The van der Waals surface area contributed by atoms with Crippen LogP contribution in [-0.2, 0) is 0 Å². The summed E-state index contributed by atoms with van der Waals surface area (Å²) < 4.78 is 0. The van der Waals surface area contributed by atoms with Crippen LogP contribution in [0.3, 0.4) is 0 Å². The van der Waals surface area contributed by atoms with Crippen LogP contribution in [0.25, 0.3) is 0 Å². The predicted molar refractivity (Wildman–Crippen MR) is 72.7 cm³/mol. The first kappa shape index (κ1) is 17.9. The zero-order valence-electron chi connectivity index (χ0n) is 11.9. The van der Waals surface area contributed by atoms with Crippen molar-refractivity contribution in [2.24, 2.45) is 0 Å². The van der Waals surface area contributed by atoms with Gasteiger partial charge in [-0.1, -0.05) is 0 Å². The van der Waals surface area contributed by atoms with Gasteiger partial charge in [0.1, 0.15) is 19.0 Å². The molecule has 0 spiro atoms. The highest BCUT2D eigenvalue weighted by molar-refractivity contribution is 4.59. The third-order valence-electron chi connectivity index (χ3n) is 1.43. The SMILES string of the molecule is c1cnncn1.c1cnnnn1.c1ncnnn1.c1nncnn1. The number of rotatable bonds is 0. The van der Waals surface area contributed by atoms with Crippen molar-refractivity contribution >= 4 is 0 Å². The molecule has 0 saturated carbocycles. The first-order valence-corrected chi connectivity index (χ1v) is 5.88. The smallest absolute Gasteiger partial charge is 0.160 e. The molecule has 0 atom stereocenters. The molecule has 0 fully saturated rings. The maximum atomic E-state index is 3.61. The standard InChI is InChI=1S/C3H3N3.3C2H2N4/c1-2-5-6-3-4-1;1-3-5-2-6-4-1;1-3-2-5-6-4-1;1-2-4-6-5-3-1/h1-3H;3*1-2H. The van der Waals surface area contributed by atoms with Crippen LogP contribution in [0, 0.1) is 0 Å². The molecule has 15 heteroatoms. The summed E-state index contributed by atoms with van der Waals surface area (Å²) in [6.45, 7) is 0. The molecule has 0 radical (unpaired) electrons. The quantitative estimate of drug-likeness (QED) is 0.333. The van der Waals surface area contributed by atoms with E-state index >= 15 is 0 Å². The lowest BCUT2D eigenvalue weighted by Gasteiger charge is -1.69. The molecule has 4 aromatic rings. The Morgan fingerprint density at radius 2 is 0.792 bits per heavy atom. The van der Waals surface area contributed by atoms with Crippen molar-refractivity contribution in [1.29, 1.82) is 0 Å². The lowest BCUT2D eigenvalue weighted by atomic mass is 10.9. The highest BCUT2D eigenvalue weighted by atomic mass is 15.4. The average Bonchev–Trinajstić information content (AvgIpc) is 2.75. The molecule has 0 saturated heterocycles. The summed E-state index contributed by atoms with van der Waals surface area (Å²) in [6.07, 6.45) is 12.6. The van der Waals surface area contributed by atoms with Crippen molar-refractivity contribution in [1.82, 2.24) is 76.6 Å². The topological polar surface area (TPSA) is 193 Å². The van der Waals surface area contributed by atoms with Gasteiger partial charge in [-0.2, -0.15) is 5.10 Å². The number of hydrogen-bond acceptors (Lipinski definition) is 15. The Morgan fingerprint density at radius 1 is 0.292 bits per heavy atom. The summed E-state index contributed by atoms with van der Waals surface area (Å²) in [5, 5.41) is 43.3. The summed E-state index contributed by atoms with van der Waals surface area (Å²) in [5.41, 5.74) is 0. The molecule has 0 unspecified atom stereocenters. The second-order valence-corrected chi connectivity index (χ2v) is 2.89. The predicted octanol–water partition coefficient (Wildman–Crippen LogP) is -2.33. The minimum Gasteiger partial charge on any atom is -0.241 e. The Bertz CT molecular complexity index is 437. The second kappa shape index (κ2) is 15.2. The van der Waals surface area contributed by atoms with Gasteiger partial charge >= 0.3 is 0 Å². The molecule has 24 heavy (non-hydrogen) atoms. The van der Waals surface area contributed by atoms with Crippen molar-refractivity contribution in [3.63, 3.8) is 0 Å². The van der Waals surface area contributed by atoms with Gasteiger partial charge in [-0.05, 0) is 15.6 Å². The largest absolute Gasteiger partial charge is 0.241 e. The molecule has 15 nitrogen and oxygen atoms in total. The van der Waals surface area contributed by atoms with Crippen molar-refractivity contribution < 1.29 is 0 Å². The molecule has 120 valence electrons. The van der Waals surface area contributed by atoms with Crippen LogP contribution < -0.4 is 0 Å². The average molecular weight is 327 g/mol. The van der Waals surface area contributed by atoms with Crippen LogP contribution >= 0.6 is 0 Å². The van der Waals surface area contributed by atoms with Gasteiger partial charge in [-0.3, -0.25) is 0 Å². The van der Waals surface area contributed by atoms with Crippen molar-refractivity contribution in [2.75, 3.05) is 0 Å². The van der Waals surface area contributed by atoms with E-state index < -0.39 is 0 Å². The zero-order chi connectivity index (χ0) is 17.0.